The quantitative estimate of drug-likeness (QED) is 0.672. The van der Waals surface area contributed by atoms with Crippen LogP contribution in [-0.2, 0) is 21.7 Å². The highest BCUT2D eigenvalue weighted by Crippen LogP contribution is 2.31. The maximum atomic E-state index is 14.1. The first-order valence-electron chi connectivity index (χ1n) is 6.17. The van der Waals surface area contributed by atoms with Gasteiger partial charge in [0, 0.05) is 16.9 Å². The Kier molecular flexibility index (Phi) is 5.29. The van der Waals surface area contributed by atoms with Crippen LogP contribution < -0.4 is 4.72 Å². The van der Waals surface area contributed by atoms with Crippen LogP contribution in [0, 0.1) is 5.82 Å². The Morgan fingerprint density at radius 3 is 2.30 bits per heavy atom. The molecule has 0 aliphatic heterocycles. The standard InChI is InChI=1S/C14H19F2NO2S/c1-13(2,3)20(19)17-14(4,12(16)9-18)10-7-5-6-8-11(10)15/h5-9,12,17H,1-4H3/t12-,14+,20+/m0/s1. The van der Waals surface area contributed by atoms with E-state index in [9.17, 15) is 18.1 Å². The van der Waals surface area contributed by atoms with Crippen molar-refractivity contribution in [1.82, 2.24) is 4.72 Å². The summed E-state index contributed by atoms with van der Waals surface area (Å²) in [6.07, 6.45) is -1.94. The summed E-state index contributed by atoms with van der Waals surface area (Å²) < 4.78 is 42.0. The normalized spacial score (nSPS) is 18.1. The van der Waals surface area contributed by atoms with Gasteiger partial charge >= 0.3 is 0 Å². The van der Waals surface area contributed by atoms with Gasteiger partial charge in [-0.25, -0.2) is 8.78 Å². The third kappa shape index (κ3) is 3.56. The Hall–Kier alpha value is -0.980. The van der Waals surface area contributed by atoms with Gasteiger partial charge in [0.25, 0.3) is 0 Å². The first kappa shape index (κ1) is 17.1. The molecule has 1 aromatic carbocycles. The average Bonchev–Trinajstić information content (AvgIpc) is 2.36. The number of nitrogens with one attached hydrogen (secondary N) is 1. The van der Waals surface area contributed by atoms with Crippen LogP contribution in [0.2, 0.25) is 0 Å². The molecule has 0 unspecified atom stereocenters. The summed E-state index contributed by atoms with van der Waals surface area (Å²) in [4.78, 5) is 10.8. The molecule has 1 N–H and O–H groups in total. The van der Waals surface area contributed by atoms with E-state index < -0.39 is 33.6 Å². The minimum Gasteiger partial charge on any atom is -0.598 e. The van der Waals surface area contributed by atoms with E-state index >= 15 is 0 Å². The van der Waals surface area contributed by atoms with Crippen molar-refractivity contribution in [2.75, 3.05) is 0 Å². The highest BCUT2D eigenvalue weighted by Gasteiger charge is 2.44. The van der Waals surface area contributed by atoms with E-state index in [0.717, 1.165) is 0 Å². The molecule has 112 valence electrons. The van der Waals surface area contributed by atoms with Crippen LogP contribution >= 0.6 is 0 Å². The Bertz CT molecular complexity index is 478. The van der Waals surface area contributed by atoms with E-state index in [4.69, 9.17) is 0 Å². The van der Waals surface area contributed by atoms with Gasteiger partial charge in [0.05, 0.1) is 0 Å². The van der Waals surface area contributed by atoms with Crippen LogP contribution in [0.1, 0.15) is 33.3 Å². The molecular weight excluding hydrogens is 284 g/mol. The van der Waals surface area contributed by atoms with Gasteiger partial charge < -0.3 is 9.35 Å². The topological polar surface area (TPSA) is 52.2 Å². The summed E-state index contributed by atoms with van der Waals surface area (Å²) in [6.45, 7) is 6.43. The maximum absolute atomic E-state index is 14.1. The molecule has 6 heteroatoms. The van der Waals surface area contributed by atoms with E-state index in [1.807, 2.05) is 0 Å². The molecule has 0 fully saturated rings. The first-order chi connectivity index (χ1) is 9.13. The highest BCUT2D eigenvalue weighted by molar-refractivity contribution is 7.90. The highest BCUT2D eigenvalue weighted by atomic mass is 32.2. The van der Waals surface area contributed by atoms with Crippen LogP contribution in [0.3, 0.4) is 0 Å². The molecule has 0 aliphatic rings. The largest absolute Gasteiger partial charge is 0.598 e. The fraction of sp³-hybridized carbons (Fsp3) is 0.500. The Morgan fingerprint density at radius 2 is 1.85 bits per heavy atom. The molecule has 0 heterocycles. The number of benzene rings is 1. The average molecular weight is 303 g/mol. The molecule has 0 bridgehead atoms. The van der Waals surface area contributed by atoms with Crippen molar-refractivity contribution in [3.63, 3.8) is 0 Å². The lowest BCUT2D eigenvalue weighted by atomic mass is 9.88. The summed E-state index contributed by atoms with van der Waals surface area (Å²) >= 11 is -1.65. The number of hydrogen-bond donors (Lipinski definition) is 1. The molecule has 0 spiro atoms. The first-order valence-corrected chi connectivity index (χ1v) is 7.32. The second-order valence-corrected chi connectivity index (χ2v) is 7.67. The predicted octanol–water partition coefficient (Wildman–Crippen LogP) is 2.63. The number of rotatable bonds is 5. The SMILES string of the molecule is CC(C)(C)[S@@+]([O-])N[C@](C)(c1ccccc1F)[C@@H](F)C=O. The molecule has 3 atom stereocenters. The second kappa shape index (κ2) is 6.20. The fourth-order valence-corrected chi connectivity index (χ4v) is 2.54. The van der Waals surface area contributed by atoms with Crippen LogP contribution in [0.15, 0.2) is 24.3 Å². The Balaban J connectivity index is 3.24. The Morgan fingerprint density at radius 1 is 1.30 bits per heavy atom. The van der Waals surface area contributed by atoms with E-state index in [-0.39, 0.29) is 11.8 Å². The molecule has 3 nitrogen and oxygen atoms in total. The van der Waals surface area contributed by atoms with E-state index in [1.54, 1.807) is 20.8 Å². The summed E-state index contributed by atoms with van der Waals surface area (Å²) in [5.74, 6) is -0.655. The molecule has 0 saturated heterocycles. The van der Waals surface area contributed by atoms with Crippen molar-refractivity contribution in [3.8, 4) is 0 Å². The minimum absolute atomic E-state index is 0.0304. The molecule has 0 saturated carbocycles. The van der Waals surface area contributed by atoms with Gasteiger partial charge in [-0.05, 0) is 33.8 Å². The lowest BCUT2D eigenvalue weighted by Crippen LogP contribution is -2.55. The third-order valence-corrected chi connectivity index (χ3v) is 4.69. The number of aldehydes is 1. The molecule has 1 aromatic rings. The van der Waals surface area contributed by atoms with Crippen molar-refractivity contribution in [2.24, 2.45) is 0 Å². The summed E-state index contributed by atoms with van der Waals surface area (Å²) in [5, 5.41) is 0. The maximum Gasteiger partial charge on any atom is 0.181 e. The van der Waals surface area contributed by atoms with Crippen molar-refractivity contribution >= 4 is 17.6 Å². The van der Waals surface area contributed by atoms with Crippen LogP contribution in [0.25, 0.3) is 0 Å². The van der Waals surface area contributed by atoms with Crippen LogP contribution in [0.4, 0.5) is 8.78 Å². The number of alkyl halides is 1. The van der Waals surface area contributed by atoms with Crippen molar-refractivity contribution in [3.05, 3.63) is 35.6 Å². The minimum atomic E-state index is -2.02. The fourth-order valence-electron chi connectivity index (χ4n) is 1.62. The van der Waals surface area contributed by atoms with Gasteiger partial charge in [0.1, 0.15) is 16.1 Å². The number of carbonyl (C=O) groups excluding carboxylic acids is 1. The number of carbonyl (C=O) groups is 1. The van der Waals surface area contributed by atoms with E-state index in [1.165, 1.54) is 31.2 Å². The zero-order valence-electron chi connectivity index (χ0n) is 11.9. The molecule has 0 radical (unpaired) electrons. The molecule has 20 heavy (non-hydrogen) atoms. The van der Waals surface area contributed by atoms with Crippen molar-refractivity contribution in [1.29, 1.82) is 0 Å². The summed E-state index contributed by atoms with van der Waals surface area (Å²) in [5.41, 5.74) is -1.72. The van der Waals surface area contributed by atoms with Gasteiger partial charge in [0.15, 0.2) is 12.5 Å². The molecule has 1 rings (SSSR count). The van der Waals surface area contributed by atoms with E-state index in [2.05, 4.69) is 4.72 Å². The van der Waals surface area contributed by atoms with Crippen molar-refractivity contribution < 1.29 is 18.1 Å². The van der Waals surface area contributed by atoms with Crippen LogP contribution in [-0.4, -0.2) is 21.8 Å². The lowest BCUT2D eigenvalue weighted by molar-refractivity contribution is -0.114. The third-order valence-electron chi connectivity index (χ3n) is 2.97. The molecule has 0 aromatic heterocycles. The molecular formula is C14H19F2NO2S. The predicted molar refractivity (Wildman–Crippen MR) is 75.7 cm³/mol. The van der Waals surface area contributed by atoms with Gasteiger partial charge in [-0.3, -0.25) is 0 Å². The van der Waals surface area contributed by atoms with Gasteiger partial charge in [-0.2, -0.15) is 0 Å². The van der Waals surface area contributed by atoms with Crippen LogP contribution in [0.5, 0.6) is 0 Å². The summed E-state index contributed by atoms with van der Waals surface area (Å²) in [6, 6.07) is 5.55. The molecule has 0 amide bonds. The van der Waals surface area contributed by atoms with E-state index in [0.29, 0.717) is 0 Å². The van der Waals surface area contributed by atoms with Crippen molar-refractivity contribution in [2.45, 2.75) is 44.2 Å². The van der Waals surface area contributed by atoms with Gasteiger partial charge in [-0.15, -0.1) is 4.72 Å². The monoisotopic (exact) mass is 303 g/mol. The zero-order chi connectivity index (χ0) is 15.6. The smallest absolute Gasteiger partial charge is 0.181 e. The second-order valence-electron chi connectivity index (χ2n) is 5.70. The van der Waals surface area contributed by atoms with Gasteiger partial charge in [0.2, 0.25) is 0 Å². The number of halogens is 2. The number of hydrogen-bond acceptors (Lipinski definition) is 3. The lowest BCUT2D eigenvalue weighted by Gasteiger charge is -2.35. The summed E-state index contributed by atoms with van der Waals surface area (Å²) in [7, 11) is 0. The molecule has 0 aliphatic carbocycles. The zero-order valence-corrected chi connectivity index (χ0v) is 12.8. The Labute approximate surface area is 121 Å². The van der Waals surface area contributed by atoms with Gasteiger partial charge in [-0.1, -0.05) is 18.2 Å².